The molecule has 0 aliphatic rings. The summed E-state index contributed by atoms with van der Waals surface area (Å²) in [6, 6.07) is 2.55. The number of anilines is 1. The number of benzene rings is 1. The lowest BCUT2D eigenvalue weighted by Gasteiger charge is -2.16. The number of esters is 1. The van der Waals surface area contributed by atoms with Gasteiger partial charge in [-0.2, -0.15) is 5.10 Å². The first-order chi connectivity index (χ1) is 11.3. The van der Waals surface area contributed by atoms with Gasteiger partial charge >= 0.3 is 5.97 Å². The van der Waals surface area contributed by atoms with Crippen LogP contribution in [0.1, 0.15) is 34.1 Å². The number of halogens is 2. The molecule has 0 N–H and O–H groups in total. The number of rotatable bonds is 5. The largest absolute Gasteiger partial charge is 0.461 e. The highest BCUT2D eigenvalue weighted by Crippen LogP contribution is 2.25. The molecule has 0 fully saturated rings. The standard InChI is InChI=1S/C17H21F2N3O2/c1-6-24-17(23)15-11(3)16(21(4)5)22(20-15)9-12-13(18)7-10(2)8-14(12)19/h7-8H,6,9H2,1-5H3. The van der Waals surface area contributed by atoms with Gasteiger partial charge in [0.1, 0.15) is 17.5 Å². The van der Waals surface area contributed by atoms with Gasteiger partial charge in [0, 0.05) is 25.2 Å². The van der Waals surface area contributed by atoms with Crippen molar-refractivity contribution in [2.45, 2.75) is 27.3 Å². The lowest BCUT2D eigenvalue weighted by molar-refractivity contribution is 0.0517. The molecule has 0 bridgehead atoms. The normalized spacial score (nSPS) is 10.8. The van der Waals surface area contributed by atoms with Gasteiger partial charge in [-0.15, -0.1) is 0 Å². The summed E-state index contributed by atoms with van der Waals surface area (Å²) < 4.78 is 34.7. The second-order valence-electron chi connectivity index (χ2n) is 5.78. The fraction of sp³-hybridized carbons (Fsp3) is 0.412. The topological polar surface area (TPSA) is 47.4 Å². The zero-order valence-electron chi connectivity index (χ0n) is 14.5. The summed E-state index contributed by atoms with van der Waals surface area (Å²) in [6.45, 7) is 5.16. The summed E-state index contributed by atoms with van der Waals surface area (Å²) in [5.74, 6) is -1.23. The Hall–Kier alpha value is -2.44. The maximum absolute atomic E-state index is 14.1. The zero-order chi connectivity index (χ0) is 18.0. The van der Waals surface area contributed by atoms with E-state index in [1.807, 2.05) is 0 Å². The zero-order valence-corrected chi connectivity index (χ0v) is 14.5. The van der Waals surface area contributed by atoms with E-state index < -0.39 is 17.6 Å². The van der Waals surface area contributed by atoms with Crippen LogP contribution in [0.25, 0.3) is 0 Å². The minimum absolute atomic E-state index is 0.0957. The molecule has 2 aromatic rings. The molecule has 0 unspecified atom stereocenters. The number of carbonyl (C=O) groups is 1. The van der Waals surface area contributed by atoms with Crippen LogP contribution in [0.5, 0.6) is 0 Å². The Bertz CT molecular complexity index is 746. The van der Waals surface area contributed by atoms with Crippen LogP contribution in [0, 0.1) is 25.5 Å². The van der Waals surface area contributed by atoms with E-state index in [1.54, 1.807) is 39.8 Å². The maximum Gasteiger partial charge on any atom is 0.359 e. The van der Waals surface area contributed by atoms with Gasteiger partial charge in [0.05, 0.1) is 13.2 Å². The number of carbonyl (C=O) groups excluding carboxylic acids is 1. The van der Waals surface area contributed by atoms with E-state index >= 15 is 0 Å². The van der Waals surface area contributed by atoms with Crippen molar-refractivity contribution in [3.63, 3.8) is 0 Å². The second kappa shape index (κ2) is 6.98. The van der Waals surface area contributed by atoms with Gasteiger partial charge in [0.15, 0.2) is 5.69 Å². The van der Waals surface area contributed by atoms with Crippen LogP contribution in [0.15, 0.2) is 12.1 Å². The van der Waals surface area contributed by atoms with Crippen LogP contribution in [0.3, 0.4) is 0 Å². The first-order valence-corrected chi connectivity index (χ1v) is 7.62. The molecule has 24 heavy (non-hydrogen) atoms. The van der Waals surface area contributed by atoms with Gasteiger partial charge in [0.2, 0.25) is 0 Å². The molecule has 0 saturated heterocycles. The molecule has 0 atom stereocenters. The molecule has 0 saturated carbocycles. The quantitative estimate of drug-likeness (QED) is 0.787. The Balaban J connectivity index is 2.51. The van der Waals surface area contributed by atoms with Crippen molar-refractivity contribution in [2.75, 3.05) is 25.6 Å². The van der Waals surface area contributed by atoms with Crippen molar-refractivity contribution in [3.05, 3.63) is 46.2 Å². The lowest BCUT2D eigenvalue weighted by Crippen LogP contribution is -2.17. The molecule has 1 aromatic heterocycles. The third-order valence-corrected chi connectivity index (χ3v) is 3.64. The summed E-state index contributed by atoms with van der Waals surface area (Å²) in [5.41, 5.74) is 1.16. The van der Waals surface area contributed by atoms with E-state index in [9.17, 15) is 13.6 Å². The van der Waals surface area contributed by atoms with Crippen LogP contribution < -0.4 is 4.90 Å². The summed E-state index contributed by atoms with van der Waals surface area (Å²) in [4.78, 5) is 13.8. The number of ether oxygens (including phenoxy) is 1. The monoisotopic (exact) mass is 337 g/mol. The van der Waals surface area contributed by atoms with Crippen LogP contribution in [0.4, 0.5) is 14.6 Å². The summed E-state index contributed by atoms with van der Waals surface area (Å²) >= 11 is 0. The number of nitrogens with zero attached hydrogens (tertiary/aromatic N) is 3. The van der Waals surface area contributed by atoms with E-state index in [-0.39, 0.29) is 24.4 Å². The van der Waals surface area contributed by atoms with Crippen LogP contribution in [0.2, 0.25) is 0 Å². The number of aryl methyl sites for hydroxylation is 1. The molecule has 7 heteroatoms. The van der Waals surface area contributed by atoms with E-state index in [0.717, 1.165) is 0 Å². The fourth-order valence-corrected chi connectivity index (χ4v) is 2.64. The molecule has 0 radical (unpaired) electrons. The van der Waals surface area contributed by atoms with E-state index in [2.05, 4.69) is 5.10 Å². The lowest BCUT2D eigenvalue weighted by atomic mass is 10.1. The molecule has 5 nitrogen and oxygen atoms in total. The first-order valence-electron chi connectivity index (χ1n) is 7.62. The minimum atomic E-state index is -0.636. The molecule has 0 aliphatic carbocycles. The number of hydrogen-bond acceptors (Lipinski definition) is 4. The third-order valence-electron chi connectivity index (χ3n) is 3.64. The predicted molar refractivity (Wildman–Crippen MR) is 87.4 cm³/mol. The van der Waals surface area contributed by atoms with Crippen LogP contribution in [-0.2, 0) is 11.3 Å². The average molecular weight is 337 g/mol. The van der Waals surface area contributed by atoms with Gasteiger partial charge in [0.25, 0.3) is 0 Å². The first kappa shape index (κ1) is 17.9. The molecule has 0 spiro atoms. The Morgan fingerprint density at radius 1 is 1.25 bits per heavy atom. The molecule has 1 aromatic carbocycles. The van der Waals surface area contributed by atoms with E-state index in [1.165, 1.54) is 16.8 Å². The van der Waals surface area contributed by atoms with Gasteiger partial charge in [-0.25, -0.2) is 18.3 Å². The van der Waals surface area contributed by atoms with Crippen LogP contribution >= 0.6 is 0 Å². The smallest absolute Gasteiger partial charge is 0.359 e. The molecule has 130 valence electrons. The molecule has 1 heterocycles. The highest BCUT2D eigenvalue weighted by atomic mass is 19.1. The highest BCUT2D eigenvalue weighted by molar-refractivity contribution is 5.90. The van der Waals surface area contributed by atoms with Gasteiger partial charge in [-0.3, -0.25) is 0 Å². The Morgan fingerprint density at radius 3 is 2.33 bits per heavy atom. The molecular formula is C17H21F2N3O2. The SMILES string of the molecule is CCOC(=O)c1nn(Cc2c(F)cc(C)cc2F)c(N(C)C)c1C. The van der Waals surface area contributed by atoms with Crippen LogP contribution in [-0.4, -0.2) is 36.5 Å². The molecule has 0 aliphatic heterocycles. The molecular weight excluding hydrogens is 316 g/mol. The summed E-state index contributed by atoms with van der Waals surface area (Å²) in [7, 11) is 3.55. The van der Waals surface area contributed by atoms with E-state index in [4.69, 9.17) is 4.74 Å². The summed E-state index contributed by atoms with van der Waals surface area (Å²) in [5, 5.41) is 4.22. The third kappa shape index (κ3) is 3.39. The maximum atomic E-state index is 14.1. The predicted octanol–water partition coefficient (Wildman–Crippen LogP) is 3.07. The van der Waals surface area contributed by atoms with Gasteiger partial charge in [-0.05, 0) is 38.5 Å². The van der Waals surface area contributed by atoms with Crippen molar-refractivity contribution >= 4 is 11.8 Å². The van der Waals surface area contributed by atoms with Crippen molar-refractivity contribution in [2.24, 2.45) is 0 Å². The summed E-state index contributed by atoms with van der Waals surface area (Å²) in [6.07, 6.45) is 0. The van der Waals surface area contributed by atoms with Crippen molar-refractivity contribution < 1.29 is 18.3 Å². The number of hydrogen-bond donors (Lipinski definition) is 0. The fourth-order valence-electron chi connectivity index (χ4n) is 2.64. The molecule has 0 amide bonds. The van der Waals surface area contributed by atoms with Gasteiger partial charge < -0.3 is 9.64 Å². The number of aromatic nitrogens is 2. The average Bonchev–Trinajstić information content (AvgIpc) is 2.79. The Labute approximate surface area is 139 Å². The molecule has 2 rings (SSSR count). The van der Waals surface area contributed by atoms with Crippen molar-refractivity contribution in [1.29, 1.82) is 0 Å². The highest BCUT2D eigenvalue weighted by Gasteiger charge is 2.23. The van der Waals surface area contributed by atoms with Crippen molar-refractivity contribution in [1.82, 2.24) is 9.78 Å². The van der Waals surface area contributed by atoms with Crippen molar-refractivity contribution in [3.8, 4) is 0 Å². The Kier molecular flexibility index (Phi) is 5.21. The van der Waals surface area contributed by atoms with Gasteiger partial charge in [-0.1, -0.05) is 0 Å². The Morgan fingerprint density at radius 2 is 1.83 bits per heavy atom. The second-order valence-corrected chi connectivity index (χ2v) is 5.78. The minimum Gasteiger partial charge on any atom is -0.461 e. The van der Waals surface area contributed by atoms with E-state index in [0.29, 0.717) is 16.9 Å².